The van der Waals surface area contributed by atoms with Gasteiger partial charge in [-0.25, -0.2) is 8.42 Å². The number of nitrogens with one attached hydrogen (secondary N) is 1. The standard InChI is InChI=1S/C23H28N2O4S/c26-23(24-15-18-9-3-1-4-10-18)22-16-25(20-13-7-8-14-21(20)29-22)30(27,28)17-19-11-5-2-6-12-19/h2,5-8,11-14,18,22H,1,3-4,9-10,15-17H2,(H,24,26)/t22-/m0/s1. The minimum absolute atomic E-state index is 0.0251. The highest BCUT2D eigenvalue weighted by Gasteiger charge is 2.36. The fourth-order valence-corrected chi connectivity index (χ4v) is 5.80. The van der Waals surface area contributed by atoms with Crippen LogP contribution >= 0.6 is 0 Å². The summed E-state index contributed by atoms with van der Waals surface area (Å²) >= 11 is 0. The molecule has 6 nitrogen and oxygen atoms in total. The van der Waals surface area contributed by atoms with Crippen LogP contribution in [-0.4, -0.2) is 33.5 Å². The van der Waals surface area contributed by atoms with Gasteiger partial charge in [0, 0.05) is 6.54 Å². The molecular formula is C23H28N2O4S. The van der Waals surface area contributed by atoms with Crippen LogP contribution in [0.1, 0.15) is 37.7 Å². The number of ether oxygens (including phenoxy) is 1. The lowest BCUT2D eigenvalue weighted by molar-refractivity contribution is -0.128. The second kappa shape index (κ2) is 9.08. The van der Waals surface area contributed by atoms with E-state index in [0.29, 0.717) is 29.5 Å². The Morgan fingerprint density at radius 3 is 2.47 bits per heavy atom. The van der Waals surface area contributed by atoms with E-state index in [2.05, 4.69) is 5.32 Å². The van der Waals surface area contributed by atoms with E-state index in [0.717, 1.165) is 12.8 Å². The van der Waals surface area contributed by atoms with Gasteiger partial charge in [0.1, 0.15) is 5.75 Å². The highest BCUT2D eigenvalue weighted by atomic mass is 32.2. The van der Waals surface area contributed by atoms with Gasteiger partial charge in [-0.3, -0.25) is 9.10 Å². The van der Waals surface area contributed by atoms with Crippen molar-refractivity contribution in [3.8, 4) is 5.75 Å². The maximum atomic E-state index is 13.2. The number of carbonyl (C=O) groups excluding carboxylic acids is 1. The normalized spacial score (nSPS) is 19.6. The molecule has 0 bridgehead atoms. The van der Waals surface area contributed by atoms with Crippen molar-refractivity contribution in [3.63, 3.8) is 0 Å². The van der Waals surface area contributed by atoms with E-state index in [9.17, 15) is 13.2 Å². The van der Waals surface area contributed by atoms with Crippen molar-refractivity contribution in [1.82, 2.24) is 5.32 Å². The van der Waals surface area contributed by atoms with Gasteiger partial charge in [0.05, 0.1) is 18.0 Å². The Morgan fingerprint density at radius 2 is 1.70 bits per heavy atom. The van der Waals surface area contributed by atoms with Gasteiger partial charge in [-0.2, -0.15) is 0 Å². The Hall–Kier alpha value is -2.54. The second-order valence-corrected chi connectivity index (χ2v) is 9.99. The molecule has 0 saturated heterocycles. The molecule has 1 N–H and O–H groups in total. The van der Waals surface area contributed by atoms with Gasteiger partial charge in [0.2, 0.25) is 10.0 Å². The molecule has 1 fully saturated rings. The number of fused-ring (bicyclic) bond motifs is 1. The zero-order valence-electron chi connectivity index (χ0n) is 17.0. The molecule has 1 atom stereocenters. The first-order valence-electron chi connectivity index (χ1n) is 10.6. The van der Waals surface area contributed by atoms with Crippen molar-refractivity contribution in [2.45, 2.75) is 44.0 Å². The predicted octanol–water partition coefficient (Wildman–Crippen LogP) is 3.48. The molecule has 2 aromatic rings. The van der Waals surface area contributed by atoms with E-state index in [1.165, 1.54) is 23.6 Å². The third-order valence-corrected chi connectivity index (χ3v) is 7.56. The highest BCUT2D eigenvalue weighted by Crippen LogP contribution is 2.35. The summed E-state index contributed by atoms with van der Waals surface area (Å²) in [5, 5.41) is 2.99. The SMILES string of the molecule is O=C(NCC1CCCCC1)[C@@H]1CN(S(=O)(=O)Cc2ccccc2)c2ccccc2O1. The molecule has 2 aliphatic rings. The minimum atomic E-state index is -3.68. The van der Waals surface area contributed by atoms with E-state index >= 15 is 0 Å². The number of hydrogen-bond donors (Lipinski definition) is 1. The smallest absolute Gasteiger partial charge is 0.263 e. The molecule has 30 heavy (non-hydrogen) atoms. The first-order chi connectivity index (χ1) is 14.5. The second-order valence-electron chi connectivity index (χ2n) is 8.10. The Morgan fingerprint density at radius 1 is 1.00 bits per heavy atom. The maximum absolute atomic E-state index is 13.2. The number of carbonyl (C=O) groups is 1. The predicted molar refractivity (Wildman–Crippen MR) is 117 cm³/mol. The molecule has 1 amide bonds. The molecule has 1 saturated carbocycles. The number of amides is 1. The van der Waals surface area contributed by atoms with Crippen LogP contribution < -0.4 is 14.4 Å². The Balaban J connectivity index is 1.51. The fourth-order valence-electron chi connectivity index (χ4n) is 4.21. The van der Waals surface area contributed by atoms with E-state index in [1.807, 2.05) is 18.2 Å². The number of benzene rings is 2. The summed E-state index contributed by atoms with van der Waals surface area (Å²) in [6.07, 6.45) is 5.08. The summed E-state index contributed by atoms with van der Waals surface area (Å²) in [5.41, 5.74) is 1.18. The molecule has 1 aliphatic heterocycles. The molecule has 0 aromatic heterocycles. The lowest BCUT2D eigenvalue weighted by Crippen LogP contribution is -2.51. The van der Waals surface area contributed by atoms with Crippen molar-refractivity contribution >= 4 is 21.6 Å². The van der Waals surface area contributed by atoms with E-state index in [-0.39, 0.29) is 18.2 Å². The monoisotopic (exact) mass is 428 g/mol. The average molecular weight is 429 g/mol. The molecule has 0 unspecified atom stereocenters. The quantitative estimate of drug-likeness (QED) is 0.764. The van der Waals surface area contributed by atoms with E-state index in [4.69, 9.17) is 4.74 Å². The van der Waals surface area contributed by atoms with Crippen molar-refractivity contribution in [2.24, 2.45) is 5.92 Å². The van der Waals surface area contributed by atoms with Crippen LogP contribution in [-0.2, 0) is 20.6 Å². The van der Waals surface area contributed by atoms with Crippen LogP contribution in [0.3, 0.4) is 0 Å². The van der Waals surface area contributed by atoms with Crippen molar-refractivity contribution in [3.05, 3.63) is 60.2 Å². The number of hydrogen-bond acceptors (Lipinski definition) is 4. The average Bonchev–Trinajstić information content (AvgIpc) is 2.77. The zero-order valence-corrected chi connectivity index (χ0v) is 17.8. The molecule has 160 valence electrons. The first-order valence-corrected chi connectivity index (χ1v) is 12.2. The molecule has 1 aliphatic carbocycles. The summed E-state index contributed by atoms with van der Waals surface area (Å²) in [7, 11) is -3.68. The molecule has 0 spiro atoms. The number of sulfonamides is 1. The van der Waals surface area contributed by atoms with Crippen LogP contribution in [0.25, 0.3) is 0 Å². The van der Waals surface area contributed by atoms with Gasteiger partial charge in [-0.1, -0.05) is 61.7 Å². The molecule has 7 heteroatoms. The third kappa shape index (κ3) is 4.78. The maximum Gasteiger partial charge on any atom is 0.263 e. The summed E-state index contributed by atoms with van der Waals surface area (Å²) < 4.78 is 33.7. The van der Waals surface area contributed by atoms with Gasteiger partial charge in [-0.15, -0.1) is 0 Å². The highest BCUT2D eigenvalue weighted by molar-refractivity contribution is 7.92. The topological polar surface area (TPSA) is 75.7 Å². The summed E-state index contributed by atoms with van der Waals surface area (Å²) in [6, 6.07) is 16.1. The van der Waals surface area contributed by atoms with Crippen molar-refractivity contribution < 1.29 is 17.9 Å². The molecule has 0 radical (unpaired) electrons. The summed E-state index contributed by atoms with van der Waals surface area (Å²) in [6.45, 7) is 0.597. The molecule has 1 heterocycles. The minimum Gasteiger partial charge on any atom is -0.476 e. The number of nitrogens with zero attached hydrogens (tertiary/aromatic N) is 1. The molecule has 2 aromatic carbocycles. The Kier molecular flexibility index (Phi) is 6.27. The van der Waals surface area contributed by atoms with Crippen LogP contribution in [0.15, 0.2) is 54.6 Å². The van der Waals surface area contributed by atoms with Gasteiger partial charge >= 0.3 is 0 Å². The van der Waals surface area contributed by atoms with Crippen molar-refractivity contribution in [1.29, 1.82) is 0 Å². The number of rotatable bonds is 6. The van der Waals surface area contributed by atoms with Crippen LogP contribution in [0.5, 0.6) is 5.75 Å². The van der Waals surface area contributed by atoms with Gasteiger partial charge in [0.25, 0.3) is 5.91 Å². The van der Waals surface area contributed by atoms with Crippen LogP contribution in [0, 0.1) is 5.92 Å². The zero-order chi connectivity index (χ0) is 21.0. The van der Waals surface area contributed by atoms with Crippen LogP contribution in [0.4, 0.5) is 5.69 Å². The van der Waals surface area contributed by atoms with Crippen LogP contribution in [0.2, 0.25) is 0 Å². The lowest BCUT2D eigenvalue weighted by atomic mass is 9.89. The van der Waals surface area contributed by atoms with Gasteiger partial charge in [0.15, 0.2) is 6.10 Å². The Labute approximate surface area is 178 Å². The molecular weight excluding hydrogens is 400 g/mol. The summed E-state index contributed by atoms with van der Waals surface area (Å²) in [4.78, 5) is 12.8. The number of para-hydroxylation sites is 2. The number of anilines is 1. The van der Waals surface area contributed by atoms with Gasteiger partial charge in [-0.05, 0) is 36.5 Å². The largest absolute Gasteiger partial charge is 0.476 e. The van der Waals surface area contributed by atoms with Gasteiger partial charge < -0.3 is 10.1 Å². The Bertz CT molecular complexity index is 972. The summed E-state index contributed by atoms with van der Waals surface area (Å²) in [5.74, 6) is 0.531. The van der Waals surface area contributed by atoms with Crippen molar-refractivity contribution in [2.75, 3.05) is 17.4 Å². The van der Waals surface area contributed by atoms with E-state index < -0.39 is 16.1 Å². The third-order valence-electron chi connectivity index (χ3n) is 5.84. The fraction of sp³-hybridized carbons (Fsp3) is 0.435. The lowest BCUT2D eigenvalue weighted by Gasteiger charge is -2.35. The first kappa shape index (κ1) is 20.7. The molecule has 4 rings (SSSR count). The van der Waals surface area contributed by atoms with E-state index in [1.54, 1.807) is 36.4 Å².